The third-order valence-electron chi connectivity index (χ3n) is 2.86. The SMILES string of the molecule is CCOC(=O)C(OC(C)=O)c1ccc2c(cnn2C)c1. The Morgan fingerprint density at radius 3 is 2.80 bits per heavy atom. The van der Waals surface area contributed by atoms with Gasteiger partial charge in [0.05, 0.1) is 18.3 Å². The highest BCUT2D eigenvalue weighted by molar-refractivity contribution is 5.84. The van der Waals surface area contributed by atoms with Gasteiger partial charge in [-0.25, -0.2) is 4.79 Å². The van der Waals surface area contributed by atoms with Crippen molar-refractivity contribution in [2.24, 2.45) is 7.05 Å². The molecule has 0 fully saturated rings. The summed E-state index contributed by atoms with van der Waals surface area (Å²) in [6.07, 6.45) is 0.645. The zero-order valence-electron chi connectivity index (χ0n) is 11.6. The average molecular weight is 276 g/mol. The van der Waals surface area contributed by atoms with Gasteiger partial charge < -0.3 is 9.47 Å². The molecule has 0 spiro atoms. The second-order valence-electron chi connectivity index (χ2n) is 4.33. The van der Waals surface area contributed by atoms with Crippen molar-refractivity contribution in [3.05, 3.63) is 30.0 Å². The minimum Gasteiger partial charge on any atom is -0.463 e. The molecule has 2 rings (SSSR count). The van der Waals surface area contributed by atoms with E-state index >= 15 is 0 Å². The van der Waals surface area contributed by atoms with Crippen molar-refractivity contribution in [2.45, 2.75) is 20.0 Å². The standard InChI is InChI=1S/C14H16N2O4/c1-4-19-14(18)13(20-9(2)17)10-5-6-12-11(7-10)8-15-16(12)3/h5-8,13H,4H2,1-3H3. The van der Waals surface area contributed by atoms with Crippen molar-refractivity contribution < 1.29 is 19.1 Å². The first-order valence-electron chi connectivity index (χ1n) is 6.28. The quantitative estimate of drug-likeness (QED) is 0.795. The molecular weight excluding hydrogens is 260 g/mol. The van der Waals surface area contributed by atoms with E-state index in [-0.39, 0.29) is 6.61 Å². The van der Waals surface area contributed by atoms with Crippen LogP contribution in [0, 0.1) is 0 Å². The van der Waals surface area contributed by atoms with Crippen molar-refractivity contribution in [3.8, 4) is 0 Å². The maximum absolute atomic E-state index is 11.9. The summed E-state index contributed by atoms with van der Waals surface area (Å²) in [4.78, 5) is 23.1. The van der Waals surface area contributed by atoms with E-state index in [9.17, 15) is 9.59 Å². The second-order valence-corrected chi connectivity index (χ2v) is 4.33. The Kier molecular flexibility index (Phi) is 4.02. The number of fused-ring (bicyclic) bond motifs is 1. The molecule has 1 aromatic heterocycles. The molecule has 0 radical (unpaired) electrons. The Bertz CT molecular complexity index is 648. The van der Waals surface area contributed by atoms with E-state index in [4.69, 9.17) is 9.47 Å². The number of benzene rings is 1. The van der Waals surface area contributed by atoms with Crippen molar-refractivity contribution >= 4 is 22.8 Å². The van der Waals surface area contributed by atoms with Gasteiger partial charge in [-0.2, -0.15) is 5.10 Å². The van der Waals surface area contributed by atoms with E-state index in [1.165, 1.54) is 6.92 Å². The number of rotatable bonds is 4. The van der Waals surface area contributed by atoms with E-state index < -0.39 is 18.0 Å². The van der Waals surface area contributed by atoms with Gasteiger partial charge in [0.25, 0.3) is 0 Å². The van der Waals surface area contributed by atoms with E-state index in [1.807, 2.05) is 13.1 Å². The minimum atomic E-state index is -1.04. The highest BCUT2D eigenvalue weighted by Gasteiger charge is 2.25. The first-order valence-corrected chi connectivity index (χ1v) is 6.28. The van der Waals surface area contributed by atoms with Crippen molar-refractivity contribution in [1.29, 1.82) is 0 Å². The van der Waals surface area contributed by atoms with Crippen LogP contribution in [0.2, 0.25) is 0 Å². The summed E-state index contributed by atoms with van der Waals surface area (Å²) in [7, 11) is 1.83. The predicted octanol–water partition coefficient (Wildman–Crippen LogP) is 1.74. The molecule has 0 bridgehead atoms. The molecule has 106 valence electrons. The second kappa shape index (κ2) is 5.73. The summed E-state index contributed by atoms with van der Waals surface area (Å²) >= 11 is 0. The molecule has 1 heterocycles. The number of carbonyl (C=O) groups is 2. The van der Waals surface area contributed by atoms with E-state index in [1.54, 1.807) is 29.9 Å². The summed E-state index contributed by atoms with van der Waals surface area (Å²) in [5, 5.41) is 5.00. The zero-order chi connectivity index (χ0) is 14.7. The number of hydrogen-bond acceptors (Lipinski definition) is 5. The zero-order valence-corrected chi connectivity index (χ0v) is 11.6. The predicted molar refractivity (Wildman–Crippen MR) is 71.9 cm³/mol. The largest absolute Gasteiger partial charge is 0.463 e. The van der Waals surface area contributed by atoms with Crippen molar-refractivity contribution in [2.75, 3.05) is 6.61 Å². The van der Waals surface area contributed by atoms with Gasteiger partial charge in [0.15, 0.2) is 0 Å². The molecule has 2 aromatic rings. The van der Waals surface area contributed by atoms with Gasteiger partial charge in [-0.3, -0.25) is 9.48 Å². The molecule has 1 unspecified atom stereocenters. The van der Waals surface area contributed by atoms with Crippen LogP contribution < -0.4 is 0 Å². The number of aromatic nitrogens is 2. The summed E-state index contributed by atoms with van der Waals surface area (Å²) in [5.41, 5.74) is 1.50. The molecule has 6 heteroatoms. The number of carbonyl (C=O) groups excluding carboxylic acids is 2. The number of aryl methyl sites for hydroxylation is 1. The number of esters is 2. The highest BCUT2D eigenvalue weighted by atomic mass is 16.6. The van der Waals surface area contributed by atoms with Crippen LogP contribution in [0.3, 0.4) is 0 Å². The molecule has 1 aromatic carbocycles. The molecule has 20 heavy (non-hydrogen) atoms. The third-order valence-corrected chi connectivity index (χ3v) is 2.86. The monoisotopic (exact) mass is 276 g/mol. The first-order chi connectivity index (χ1) is 9.52. The summed E-state index contributed by atoms with van der Waals surface area (Å²) in [6, 6.07) is 5.33. The highest BCUT2D eigenvalue weighted by Crippen LogP contribution is 2.24. The minimum absolute atomic E-state index is 0.228. The molecule has 0 aliphatic heterocycles. The van der Waals surface area contributed by atoms with E-state index in [0.717, 1.165) is 10.9 Å². The normalized spacial score (nSPS) is 12.2. The molecule has 0 saturated heterocycles. The molecule has 0 amide bonds. The van der Waals surface area contributed by atoms with Crippen LogP contribution in [0.1, 0.15) is 25.5 Å². The topological polar surface area (TPSA) is 70.4 Å². The van der Waals surface area contributed by atoms with Gasteiger partial charge in [0, 0.05) is 24.9 Å². The van der Waals surface area contributed by atoms with Crippen molar-refractivity contribution in [1.82, 2.24) is 9.78 Å². The number of nitrogens with zero attached hydrogens (tertiary/aromatic N) is 2. The number of hydrogen-bond donors (Lipinski definition) is 0. The van der Waals surface area contributed by atoms with Crippen LogP contribution in [0.4, 0.5) is 0 Å². The fourth-order valence-electron chi connectivity index (χ4n) is 1.98. The van der Waals surface area contributed by atoms with Crippen LogP contribution in [0.25, 0.3) is 10.9 Å². The van der Waals surface area contributed by atoms with Gasteiger partial charge in [-0.05, 0) is 19.1 Å². The van der Waals surface area contributed by atoms with Crippen LogP contribution in [-0.2, 0) is 26.1 Å². The smallest absolute Gasteiger partial charge is 0.352 e. The van der Waals surface area contributed by atoms with Crippen LogP contribution >= 0.6 is 0 Å². The molecule has 0 aliphatic carbocycles. The summed E-state index contributed by atoms with van der Waals surface area (Å²) < 4.78 is 11.7. The lowest BCUT2D eigenvalue weighted by Gasteiger charge is -2.15. The molecule has 0 aliphatic rings. The Hall–Kier alpha value is -2.37. The summed E-state index contributed by atoms with van der Waals surface area (Å²) in [5.74, 6) is -1.11. The molecule has 1 atom stereocenters. The van der Waals surface area contributed by atoms with Crippen molar-refractivity contribution in [3.63, 3.8) is 0 Å². The van der Waals surface area contributed by atoms with Gasteiger partial charge >= 0.3 is 11.9 Å². The third kappa shape index (κ3) is 2.79. The van der Waals surface area contributed by atoms with Crippen LogP contribution in [0.5, 0.6) is 0 Å². The van der Waals surface area contributed by atoms with Gasteiger partial charge in [0.2, 0.25) is 6.10 Å². The lowest BCUT2D eigenvalue weighted by molar-refractivity contribution is -0.167. The fraction of sp³-hybridized carbons (Fsp3) is 0.357. The Balaban J connectivity index is 2.39. The Morgan fingerprint density at radius 1 is 1.40 bits per heavy atom. The van der Waals surface area contributed by atoms with Crippen LogP contribution in [-0.4, -0.2) is 28.3 Å². The Labute approximate surface area is 116 Å². The first kappa shape index (κ1) is 14.0. The van der Waals surface area contributed by atoms with Crippen LogP contribution in [0.15, 0.2) is 24.4 Å². The van der Waals surface area contributed by atoms with Gasteiger partial charge in [-0.15, -0.1) is 0 Å². The average Bonchev–Trinajstić information content (AvgIpc) is 2.77. The van der Waals surface area contributed by atoms with E-state index in [2.05, 4.69) is 5.10 Å². The van der Waals surface area contributed by atoms with Gasteiger partial charge in [0.1, 0.15) is 0 Å². The lowest BCUT2D eigenvalue weighted by Crippen LogP contribution is -2.21. The molecular formula is C14H16N2O4. The molecule has 0 N–H and O–H groups in total. The van der Waals surface area contributed by atoms with E-state index in [0.29, 0.717) is 5.56 Å². The Morgan fingerprint density at radius 2 is 2.15 bits per heavy atom. The summed E-state index contributed by atoms with van der Waals surface area (Å²) in [6.45, 7) is 3.19. The molecule has 6 nitrogen and oxygen atoms in total. The maximum Gasteiger partial charge on any atom is 0.352 e. The number of ether oxygens (including phenoxy) is 2. The maximum atomic E-state index is 11.9. The van der Waals surface area contributed by atoms with Gasteiger partial charge in [-0.1, -0.05) is 6.07 Å². The fourth-order valence-corrected chi connectivity index (χ4v) is 1.98. The lowest BCUT2D eigenvalue weighted by atomic mass is 10.1. The molecule has 0 saturated carbocycles.